The number of carbonyl (C=O) groups excluding carboxylic acids is 1. The zero-order valence-corrected chi connectivity index (χ0v) is 23.8. The summed E-state index contributed by atoms with van der Waals surface area (Å²) in [5.74, 6) is -1.46. The molecule has 2 saturated carbocycles. The van der Waals surface area contributed by atoms with Crippen molar-refractivity contribution in [2.75, 3.05) is 18.6 Å². The normalized spacial score (nSPS) is 31.4. The maximum absolute atomic E-state index is 14.0. The lowest BCUT2D eigenvalue weighted by Crippen LogP contribution is -2.54. The van der Waals surface area contributed by atoms with Gasteiger partial charge in [-0.15, -0.1) is 16.2 Å². The third-order valence-electron chi connectivity index (χ3n) is 8.43. The second-order valence-electron chi connectivity index (χ2n) is 11.0. The number of rotatable bonds is 6. The average Bonchev–Trinajstić information content (AvgIpc) is 3.57. The van der Waals surface area contributed by atoms with Gasteiger partial charge in [-0.2, -0.15) is 8.42 Å². The van der Waals surface area contributed by atoms with Crippen LogP contribution in [-0.4, -0.2) is 63.2 Å². The molecule has 14 heteroatoms. The summed E-state index contributed by atoms with van der Waals surface area (Å²) in [5.41, 5.74) is 1.05. The van der Waals surface area contributed by atoms with Gasteiger partial charge in [0, 0.05) is 36.7 Å². The predicted molar refractivity (Wildman–Crippen MR) is 145 cm³/mol. The van der Waals surface area contributed by atoms with Crippen LogP contribution in [0.15, 0.2) is 43.9 Å². The molecule has 1 aromatic carbocycles. The molecule has 39 heavy (non-hydrogen) atoms. The summed E-state index contributed by atoms with van der Waals surface area (Å²) in [6.07, 6.45) is 3.74. The number of nitrogens with zero attached hydrogens (tertiary/aromatic N) is 2. The molecular formula is C25H29FN4O6S3. The summed E-state index contributed by atoms with van der Waals surface area (Å²) in [7, 11) is -7.77. The highest BCUT2D eigenvalue weighted by atomic mass is 32.2. The Morgan fingerprint density at radius 3 is 2.74 bits per heavy atom. The van der Waals surface area contributed by atoms with E-state index in [4.69, 9.17) is 0 Å². The molecular weight excluding hydrogens is 567 g/mol. The van der Waals surface area contributed by atoms with Crippen LogP contribution in [0.25, 0.3) is 0 Å². The molecule has 3 heterocycles. The maximum atomic E-state index is 14.0. The molecule has 3 N–H and O–H groups in total. The lowest BCUT2D eigenvalue weighted by molar-refractivity contribution is -0.134. The number of sulfonamides is 2. The van der Waals surface area contributed by atoms with Crippen molar-refractivity contribution < 1.29 is 31.1 Å². The fraction of sp³-hybridized carbons (Fsp3) is 0.520. The van der Waals surface area contributed by atoms with Crippen LogP contribution in [-0.2, 0) is 31.4 Å². The summed E-state index contributed by atoms with van der Waals surface area (Å²) >= 11 is 1.20. The molecule has 5 atom stereocenters. The molecule has 5 aliphatic rings. The van der Waals surface area contributed by atoms with Crippen molar-refractivity contribution in [2.45, 2.75) is 38.8 Å². The quantitative estimate of drug-likeness (QED) is 0.453. The van der Waals surface area contributed by atoms with Gasteiger partial charge in [-0.1, -0.05) is 12.1 Å². The van der Waals surface area contributed by atoms with Crippen molar-refractivity contribution in [3.63, 3.8) is 0 Å². The maximum Gasteiger partial charge on any atom is 0.283 e. The smallest absolute Gasteiger partial charge is 0.283 e. The molecule has 3 unspecified atom stereocenters. The Kier molecular flexibility index (Phi) is 6.40. The fourth-order valence-electron chi connectivity index (χ4n) is 6.80. The monoisotopic (exact) mass is 596 g/mol. The summed E-state index contributed by atoms with van der Waals surface area (Å²) in [6.45, 7) is 1.76. The first-order chi connectivity index (χ1) is 18.3. The van der Waals surface area contributed by atoms with E-state index in [9.17, 15) is 31.1 Å². The number of aliphatic hydroxyl groups is 1. The lowest BCUT2D eigenvalue weighted by atomic mass is 9.77. The number of halogens is 1. The van der Waals surface area contributed by atoms with Gasteiger partial charge in [-0.25, -0.2) is 17.5 Å². The van der Waals surface area contributed by atoms with E-state index in [0.717, 1.165) is 31.1 Å². The van der Waals surface area contributed by atoms with E-state index >= 15 is 0 Å². The number of carbonyl (C=O) groups is 1. The lowest BCUT2D eigenvalue weighted by Gasteiger charge is -2.44. The summed E-state index contributed by atoms with van der Waals surface area (Å²) in [4.78, 5) is 15.7. The van der Waals surface area contributed by atoms with E-state index < -0.39 is 31.9 Å². The van der Waals surface area contributed by atoms with E-state index in [1.165, 1.54) is 17.8 Å². The third-order valence-corrected chi connectivity index (χ3v) is 11.9. The van der Waals surface area contributed by atoms with E-state index in [1.54, 1.807) is 24.0 Å². The second-order valence-corrected chi connectivity index (χ2v) is 15.4. The third kappa shape index (κ3) is 4.58. The topological polar surface area (TPSA) is 145 Å². The molecule has 1 amide bonds. The number of nitrogens with one attached hydrogen (secondary N) is 2. The average molecular weight is 597 g/mol. The Morgan fingerprint density at radius 2 is 2.03 bits per heavy atom. The molecule has 2 bridgehead atoms. The van der Waals surface area contributed by atoms with Crippen LogP contribution in [0.1, 0.15) is 30.4 Å². The van der Waals surface area contributed by atoms with E-state index in [-0.39, 0.29) is 69.8 Å². The molecule has 0 radical (unpaired) electrons. The zero-order chi connectivity index (χ0) is 27.9. The summed E-state index contributed by atoms with van der Waals surface area (Å²) in [5, 5.41) is 14.7. The molecule has 6 rings (SSSR count). The Hall–Kier alpha value is -2.42. The molecule has 3 aliphatic heterocycles. The summed E-state index contributed by atoms with van der Waals surface area (Å²) < 4.78 is 70.0. The highest BCUT2D eigenvalue weighted by Crippen LogP contribution is 2.55. The van der Waals surface area contributed by atoms with Crippen molar-refractivity contribution in [3.05, 3.63) is 56.4 Å². The molecule has 0 spiro atoms. The Balaban J connectivity index is 1.36. The van der Waals surface area contributed by atoms with Crippen LogP contribution in [0.4, 0.5) is 4.39 Å². The van der Waals surface area contributed by atoms with E-state index in [1.807, 2.05) is 0 Å². The first kappa shape index (κ1) is 26.8. The highest BCUT2D eigenvalue weighted by Gasteiger charge is 2.57. The molecule has 10 nitrogen and oxygen atoms in total. The SMILES string of the molecule is Cc1cc(CN2C(=O)C(C3=NS(=O)(=O)C4=C(N3)SCC4CNS(C)(=O)=O)=C(O)C3C2[C@@H]2CC[C@H]3C2)ccc1F. The van der Waals surface area contributed by atoms with Gasteiger partial charge in [0.15, 0.2) is 5.84 Å². The van der Waals surface area contributed by atoms with Crippen LogP contribution >= 0.6 is 11.8 Å². The minimum absolute atomic E-state index is 0.0211. The van der Waals surface area contributed by atoms with Gasteiger partial charge in [0.1, 0.15) is 22.1 Å². The minimum atomic E-state index is -4.25. The Morgan fingerprint density at radius 1 is 1.28 bits per heavy atom. The molecule has 2 fully saturated rings. The number of amides is 1. The van der Waals surface area contributed by atoms with Crippen LogP contribution in [0, 0.1) is 36.4 Å². The van der Waals surface area contributed by atoms with Crippen LogP contribution < -0.4 is 10.0 Å². The van der Waals surface area contributed by atoms with Gasteiger partial charge in [0.2, 0.25) is 10.0 Å². The standard InChI is InChI=1S/C25H29FN4O6S3/c1-12-7-13(3-6-17(12)26)10-30-20-15-5-4-14(8-15)18(20)21(31)19(25(30)32)23-28-24-22(39(35,36)29-23)16(11-37-24)9-27-38(2,33)34/h3,6-7,14-16,18,20,27,31H,4-5,8-11H2,1-2H3,(H,28,29)/t14-,15+,16?,18?,20?/m0/s1. The molecule has 2 aliphatic carbocycles. The van der Waals surface area contributed by atoms with Gasteiger partial charge in [-0.3, -0.25) is 4.79 Å². The van der Waals surface area contributed by atoms with E-state index in [0.29, 0.717) is 11.3 Å². The van der Waals surface area contributed by atoms with Crippen LogP contribution in [0.5, 0.6) is 0 Å². The van der Waals surface area contributed by atoms with Crippen LogP contribution in [0.3, 0.4) is 0 Å². The number of hydrogen-bond acceptors (Lipinski definition) is 8. The number of thioether (sulfide) groups is 1. The number of fused-ring (bicyclic) bond motifs is 5. The second kappa shape index (κ2) is 9.32. The van der Waals surface area contributed by atoms with Gasteiger partial charge in [-0.05, 0) is 55.2 Å². The van der Waals surface area contributed by atoms with Crippen molar-refractivity contribution in [1.82, 2.24) is 14.9 Å². The minimum Gasteiger partial charge on any atom is -0.511 e. The van der Waals surface area contributed by atoms with E-state index in [2.05, 4.69) is 14.4 Å². The first-order valence-corrected chi connectivity index (χ1v) is 17.1. The van der Waals surface area contributed by atoms with Crippen molar-refractivity contribution >= 4 is 43.6 Å². The predicted octanol–water partition coefficient (Wildman–Crippen LogP) is 2.12. The number of aliphatic hydroxyl groups excluding tert-OH is 1. The van der Waals surface area contributed by atoms with Crippen LogP contribution in [0.2, 0.25) is 0 Å². The molecule has 0 aromatic heterocycles. The summed E-state index contributed by atoms with van der Waals surface area (Å²) in [6, 6.07) is 4.47. The highest BCUT2D eigenvalue weighted by molar-refractivity contribution is 8.05. The van der Waals surface area contributed by atoms with Gasteiger partial charge >= 0.3 is 0 Å². The Bertz CT molecular complexity index is 1590. The number of benzene rings is 1. The number of hydrogen-bond donors (Lipinski definition) is 3. The van der Waals surface area contributed by atoms with Crippen molar-refractivity contribution in [2.24, 2.45) is 28.1 Å². The first-order valence-electron chi connectivity index (χ1n) is 12.8. The van der Waals surface area contributed by atoms with Crippen molar-refractivity contribution in [1.29, 1.82) is 0 Å². The largest absolute Gasteiger partial charge is 0.511 e. The zero-order valence-electron chi connectivity index (χ0n) is 21.3. The molecule has 1 aromatic rings. The van der Waals surface area contributed by atoms with Crippen molar-refractivity contribution in [3.8, 4) is 0 Å². The number of amidine groups is 1. The fourth-order valence-corrected chi connectivity index (χ4v) is 10.4. The number of aryl methyl sites for hydroxylation is 1. The van der Waals surface area contributed by atoms with Gasteiger partial charge in [0.05, 0.1) is 11.3 Å². The van der Waals surface area contributed by atoms with Gasteiger partial charge in [0.25, 0.3) is 15.9 Å². The Labute approximate surface area is 230 Å². The van der Waals surface area contributed by atoms with Gasteiger partial charge < -0.3 is 15.3 Å². The molecule has 210 valence electrons. The molecule has 0 saturated heterocycles.